The molecule has 4 nitrogen and oxygen atoms in total. The standard InChI is InChI=1S/C8H15ClN4/c1-8(2,3)4-5-13-7(6-9)10-11-12-13/h4-6H2,1-3H3. The third kappa shape index (κ3) is 3.30. The van der Waals surface area contributed by atoms with Crippen molar-refractivity contribution in [1.82, 2.24) is 20.2 Å². The zero-order chi connectivity index (χ0) is 9.90. The van der Waals surface area contributed by atoms with Crippen molar-refractivity contribution >= 4 is 11.6 Å². The van der Waals surface area contributed by atoms with E-state index in [1.807, 2.05) is 0 Å². The summed E-state index contributed by atoms with van der Waals surface area (Å²) in [5.41, 5.74) is 0.301. The number of aromatic nitrogens is 4. The van der Waals surface area contributed by atoms with Crippen LogP contribution in [0.3, 0.4) is 0 Å². The van der Waals surface area contributed by atoms with Crippen LogP contribution in [0.2, 0.25) is 0 Å². The van der Waals surface area contributed by atoms with E-state index in [2.05, 4.69) is 36.3 Å². The molecule has 0 aromatic carbocycles. The van der Waals surface area contributed by atoms with Gasteiger partial charge in [0.05, 0.1) is 5.88 Å². The summed E-state index contributed by atoms with van der Waals surface area (Å²) in [4.78, 5) is 0. The fraction of sp³-hybridized carbons (Fsp3) is 0.875. The highest BCUT2D eigenvalue weighted by atomic mass is 35.5. The Hall–Kier alpha value is -0.640. The minimum atomic E-state index is 0.301. The number of hydrogen-bond donors (Lipinski definition) is 0. The predicted octanol–water partition coefficient (Wildman–Crippen LogP) is 1.85. The topological polar surface area (TPSA) is 43.6 Å². The number of halogens is 1. The quantitative estimate of drug-likeness (QED) is 0.703. The molecule has 0 aliphatic carbocycles. The van der Waals surface area contributed by atoms with E-state index in [-0.39, 0.29) is 0 Å². The van der Waals surface area contributed by atoms with Crippen molar-refractivity contribution < 1.29 is 0 Å². The fourth-order valence-corrected chi connectivity index (χ4v) is 1.13. The first kappa shape index (κ1) is 10.4. The van der Waals surface area contributed by atoms with Crippen LogP contribution < -0.4 is 0 Å². The van der Waals surface area contributed by atoms with Gasteiger partial charge in [-0.1, -0.05) is 20.8 Å². The molecule has 1 aromatic rings. The number of tetrazole rings is 1. The Balaban J connectivity index is 2.54. The SMILES string of the molecule is CC(C)(C)CCn1nnnc1CCl. The van der Waals surface area contributed by atoms with E-state index in [0.29, 0.717) is 11.3 Å². The molecule has 13 heavy (non-hydrogen) atoms. The first-order valence-electron chi connectivity index (χ1n) is 4.34. The van der Waals surface area contributed by atoms with E-state index >= 15 is 0 Å². The van der Waals surface area contributed by atoms with Crippen LogP contribution in [0, 0.1) is 5.41 Å². The number of hydrogen-bond acceptors (Lipinski definition) is 3. The van der Waals surface area contributed by atoms with Crippen LogP contribution in [-0.2, 0) is 12.4 Å². The van der Waals surface area contributed by atoms with Crippen LogP contribution in [0.1, 0.15) is 33.0 Å². The zero-order valence-corrected chi connectivity index (χ0v) is 9.04. The van der Waals surface area contributed by atoms with Crippen molar-refractivity contribution in [2.45, 2.75) is 39.6 Å². The summed E-state index contributed by atoms with van der Waals surface area (Å²) in [7, 11) is 0. The molecule has 0 spiro atoms. The normalized spacial score (nSPS) is 12.0. The van der Waals surface area contributed by atoms with E-state index in [9.17, 15) is 0 Å². The molecule has 0 fully saturated rings. The highest BCUT2D eigenvalue weighted by Gasteiger charge is 2.12. The first-order chi connectivity index (χ1) is 6.03. The summed E-state index contributed by atoms with van der Waals surface area (Å²) < 4.78 is 1.76. The Morgan fingerprint density at radius 2 is 2.08 bits per heavy atom. The molecular weight excluding hydrogens is 188 g/mol. The van der Waals surface area contributed by atoms with Gasteiger partial charge in [-0.05, 0) is 22.3 Å². The molecule has 1 heterocycles. The van der Waals surface area contributed by atoms with Crippen LogP contribution in [-0.4, -0.2) is 20.2 Å². The van der Waals surface area contributed by atoms with Gasteiger partial charge in [0, 0.05) is 6.54 Å². The summed E-state index contributed by atoms with van der Waals surface area (Å²) in [6.07, 6.45) is 1.04. The first-order valence-corrected chi connectivity index (χ1v) is 4.87. The molecule has 0 N–H and O–H groups in total. The maximum Gasteiger partial charge on any atom is 0.165 e. The van der Waals surface area contributed by atoms with E-state index in [4.69, 9.17) is 11.6 Å². The Morgan fingerprint density at radius 1 is 1.38 bits per heavy atom. The van der Waals surface area contributed by atoms with Gasteiger partial charge in [0.2, 0.25) is 0 Å². The molecule has 1 rings (SSSR count). The summed E-state index contributed by atoms with van der Waals surface area (Å²) in [6.45, 7) is 7.41. The van der Waals surface area contributed by atoms with Crippen molar-refractivity contribution in [3.8, 4) is 0 Å². The number of nitrogens with zero attached hydrogens (tertiary/aromatic N) is 4. The average Bonchev–Trinajstić information content (AvgIpc) is 2.46. The maximum atomic E-state index is 5.66. The molecule has 5 heteroatoms. The van der Waals surface area contributed by atoms with E-state index in [1.165, 1.54) is 0 Å². The second-order valence-electron chi connectivity index (χ2n) is 4.26. The summed E-state index contributed by atoms with van der Waals surface area (Å²) in [6, 6.07) is 0. The van der Waals surface area contributed by atoms with Crippen molar-refractivity contribution in [2.24, 2.45) is 5.41 Å². The van der Waals surface area contributed by atoms with Crippen molar-refractivity contribution in [1.29, 1.82) is 0 Å². The van der Waals surface area contributed by atoms with E-state index in [1.54, 1.807) is 4.68 Å². The molecule has 0 atom stereocenters. The van der Waals surface area contributed by atoms with Gasteiger partial charge in [-0.25, -0.2) is 4.68 Å². The van der Waals surface area contributed by atoms with Crippen LogP contribution in [0.4, 0.5) is 0 Å². The maximum absolute atomic E-state index is 5.66. The molecule has 0 radical (unpaired) electrons. The van der Waals surface area contributed by atoms with Crippen LogP contribution in [0.15, 0.2) is 0 Å². The molecule has 0 aliphatic heterocycles. The third-order valence-corrected chi connectivity index (χ3v) is 2.04. The van der Waals surface area contributed by atoms with Crippen molar-refractivity contribution in [3.05, 3.63) is 5.82 Å². The highest BCUT2D eigenvalue weighted by molar-refractivity contribution is 6.16. The molecule has 0 amide bonds. The molecule has 0 saturated carbocycles. The van der Waals surface area contributed by atoms with Gasteiger partial charge in [0.1, 0.15) is 0 Å². The minimum Gasteiger partial charge on any atom is -0.228 e. The lowest BCUT2D eigenvalue weighted by atomic mass is 9.92. The van der Waals surface area contributed by atoms with Crippen LogP contribution in [0.5, 0.6) is 0 Å². The van der Waals surface area contributed by atoms with E-state index in [0.717, 1.165) is 18.8 Å². The lowest BCUT2D eigenvalue weighted by molar-refractivity contribution is 0.336. The second-order valence-corrected chi connectivity index (χ2v) is 4.53. The smallest absolute Gasteiger partial charge is 0.165 e. The highest BCUT2D eigenvalue weighted by Crippen LogP contribution is 2.19. The van der Waals surface area contributed by atoms with Gasteiger partial charge < -0.3 is 0 Å². The van der Waals surface area contributed by atoms with Gasteiger partial charge in [-0.2, -0.15) is 0 Å². The monoisotopic (exact) mass is 202 g/mol. The Morgan fingerprint density at radius 3 is 2.62 bits per heavy atom. The molecule has 74 valence electrons. The molecule has 0 aliphatic rings. The number of rotatable bonds is 3. The van der Waals surface area contributed by atoms with Gasteiger partial charge in [0.15, 0.2) is 5.82 Å². The van der Waals surface area contributed by atoms with Crippen molar-refractivity contribution in [3.63, 3.8) is 0 Å². The summed E-state index contributed by atoms with van der Waals surface area (Å²) >= 11 is 5.66. The molecule has 1 aromatic heterocycles. The van der Waals surface area contributed by atoms with Gasteiger partial charge in [-0.15, -0.1) is 16.7 Å². The van der Waals surface area contributed by atoms with Gasteiger partial charge in [0.25, 0.3) is 0 Å². The Labute approximate surface area is 83.3 Å². The Bertz CT molecular complexity index is 263. The lowest BCUT2D eigenvalue weighted by Crippen LogP contribution is -2.13. The zero-order valence-electron chi connectivity index (χ0n) is 8.29. The summed E-state index contributed by atoms with van der Waals surface area (Å²) in [5.74, 6) is 1.11. The van der Waals surface area contributed by atoms with Crippen molar-refractivity contribution in [2.75, 3.05) is 0 Å². The van der Waals surface area contributed by atoms with Crippen LogP contribution in [0.25, 0.3) is 0 Å². The average molecular weight is 203 g/mol. The fourth-order valence-electron chi connectivity index (χ4n) is 0.934. The second kappa shape index (κ2) is 4.05. The molecule has 0 saturated heterocycles. The molecule has 0 unspecified atom stereocenters. The molecular formula is C8H15ClN4. The van der Waals surface area contributed by atoms with E-state index < -0.39 is 0 Å². The minimum absolute atomic E-state index is 0.301. The lowest BCUT2D eigenvalue weighted by Gasteiger charge is -2.17. The number of alkyl halides is 1. The predicted molar refractivity (Wildman–Crippen MR) is 51.4 cm³/mol. The third-order valence-electron chi connectivity index (χ3n) is 1.80. The van der Waals surface area contributed by atoms with Gasteiger partial charge >= 0.3 is 0 Å². The van der Waals surface area contributed by atoms with Gasteiger partial charge in [-0.3, -0.25) is 0 Å². The summed E-state index contributed by atoms with van der Waals surface area (Å²) in [5, 5.41) is 11.2. The van der Waals surface area contributed by atoms with Crippen LogP contribution >= 0.6 is 11.6 Å². The molecule has 0 bridgehead atoms. The Kier molecular flexibility index (Phi) is 3.25. The number of aryl methyl sites for hydroxylation is 1. The largest absolute Gasteiger partial charge is 0.228 e.